The van der Waals surface area contributed by atoms with Crippen molar-refractivity contribution in [1.29, 1.82) is 5.26 Å². The number of sulfonamides is 1. The third kappa shape index (κ3) is 3.99. The van der Waals surface area contributed by atoms with Crippen LogP contribution in [-0.4, -0.2) is 8.42 Å². The number of anilines is 1. The van der Waals surface area contributed by atoms with Crippen LogP contribution in [0.2, 0.25) is 0 Å². The molecule has 23 heavy (non-hydrogen) atoms. The Kier molecular flexibility index (Phi) is 4.87. The van der Waals surface area contributed by atoms with Crippen LogP contribution in [0.1, 0.15) is 22.3 Å². The molecule has 2 aromatic rings. The van der Waals surface area contributed by atoms with Gasteiger partial charge in [-0.1, -0.05) is 17.7 Å². The molecular formula is C18H18N2O2S. The van der Waals surface area contributed by atoms with E-state index in [-0.39, 0.29) is 4.90 Å². The van der Waals surface area contributed by atoms with Crippen LogP contribution >= 0.6 is 0 Å². The van der Waals surface area contributed by atoms with Crippen molar-refractivity contribution in [2.75, 3.05) is 4.72 Å². The minimum atomic E-state index is -3.63. The van der Waals surface area contributed by atoms with Gasteiger partial charge in [0.05, 0.1) is 16.7 Å². The fraction of sp³-hybridized carbons (Fsp3) is 0.167. The van der Waals surface area contributed by atoms with Gasteiger partial charge in [0.15, 0.2) is 0 Å². The third-order valence-electron chi connectivity index (χ3n) is 3.47. The summed E-state index contributed by atoms with van der Waals surface area (Å²) in [5.41, 5.74) is 4.04. The maximum Gasteiger partial charge on any atom is 0.261 e. The highest BCUT2D eigenvalue weighted by molar-refractivity contribution is 7.92. The minimum absolute atomic E-state index is 0.232. The van der Waals surface area contributed by atoms with Gasteiger partial charge in [-0.25, -0.2) is 8.42 Å². The molecular weight excluding hydrogens is 308 g/mol. The molecule has 0 spiro atoms. The first kappa shape index (κ1) is 16.8. The molecule has 2 rings (SSSR count). The first-order valence-electron chi connectivity index (χ1n) is 7.10. The van der Waals surface area contributed by atoms with Gasteiger partial charge < -0.3 is 0 Å². The third-order valence-corrected chi connectivity index (χ3v) is 4.84. The lowest BCUT2D eigenvalue weighted by atomic mass is 10.0. The van der Waals surface area contributed by atoms with Crippen molar-refractivity contribution in [1.82, 2.24) is 0 Å². The molecule has 0 bridgehead atoms. The highest BCUT2D eigenvalue weighted by Gasteiger charge is 2.16. The molecule has 0 aliphatic rings. The number of hydrogen-bond acceptors (Lipinski definition) is 3. The molecule has 0 radical (unpaired) electrons. The van der Waals surface area contributed by atoms with E-state index in [0.717, 1.165) is 22.3 Å². The number of hydrogen-bond donors (Lipinski definition) is 1. The van der Waals surface area contributed by atoms with Crippen molar-refractivity contribution in [3.8, 4) is 6.07 Å². The summed E-state index contributed by atoms with van der Waals surface area (Å²) < 4.78 is 27.7. The van der Waals surface area contributed by atoms with Crippen LogP contribution < -0.4 is 4.72 Å². The van der Waals surface area contributed by atoms with Crippen LogP contribution in [-0.2, 0) is 10.0 Å². The summed E-state index contributed by atoms with van der Waals surface area (Å²) >= 11 is 0. The lowest BCUT2D eigenvalue weighted by Crippen LogP contribution is -2.14. The molecule has 0 aliphatic heterocycles. The van der Waals surface area contributed by atoms with Crippen molar-refractivity contribution in [2.45, 2.75) is 25.7 Å². The van der Waals surface area contributed by atoms with Crippen LogP contribution in [0.3, 0.4) is 0 Å². The SMILES string of the molecule is Cc1ccc(S(=O)(=O)Nc2c(C)cc(/C=C/C#N)cc2C)cc1. The zero-order valence-electron chi connectivity index (χ0n) is 13.3. The average molecular weight is 326 g/mol. The maximum atomic E-state index is 12.5. The van der Waals surface area contributed by atoms with Gasteiger partial charge in [0.2, 0.25) is 0 Å². The van der Waals surface area contributed by atoms with Crippen molar-refractivity contribution in [2.24, 2.45) is 0 Å². The van der Waals surface area contributed by atoms with E-state index in [1.165, 1.54) is 6.08 Å². The molecule has 0 unspecified atom stereocenters. The molecule has 118 valence electrons. The van der Waals surface area contributed by atoms with E-state index in [4.69, 9.17) is 5.26 Å². The Morgan fingerprint density at radius 2 is 1.61 bits per heavy atom. The molecule has 0 aromatic heterocycles. The fourth-order valence-corrected chi connectivity index (χ4v) is 3.50. The predicted molar refractivity (Wildman–Crippen MR) is 92.6 cm³/mol. The maximum absolute atomic E-state index is 12.5. The molecule has 5 heteroatoms. The molecule has 2 aromatic carbocycles. The van der Waals surface area contributed by atoms with Crippen molar-refractivity contribution >= 4 is 21.8 Å². The predicted octanol–water partition coefficient (Wildman–Crippen LogP) is 3.95. The number of nitrogens with zero attached hydrogens (tertiary/aromatic N) is 1. The standard InChI is InChI=1S/C18H18N2O2S/c1-13-6-8-17(9-7-13)23(21,22)20-18-14(2)11-16(5-4-10-19)12-15(18)3/h4-9,11-12,20H,1-3H3/b5-4+. The van der Waals surface area contributed by atoms with E-state index in [2.05, 4.69) is 4.72 Å². The van der Waals surface area contributed by atoms with Gasteiger partial charge in [-0.3, -0.25) is 4.72 Å². The monoisotopic (exact) mass is 326 g/mol. The van der Waals surface area contributed by atoms with Gasteiger partial charge in [-0.2, -0.15) is 5.26 Å². The topological polar surface area (TPSA) is 70.0 Å². The van der Waals surface area contributed by atoms with E-state index < -0.39 is 10.0 Å². The highest BCUT2D eigenvalue weighted by Crippen LogP contribution is 2.26. The summed E-state index contributed by atoms with van der Waals surface area (Å²) in [6.45, 7) is 5.58. The quantitative estimate of drug-likeness (QED) is 0.865. The van der Waals surface area contributed by atoms with E-state index in [9.17, 15) is 8.42 Å². The Bertz CT molecular complexity index is 867. The van der Waals surface area contributed by atoms with Crippen molar-refractivity contribution in [3.05, 3.63) is 64.7 Å². The van der Waals surface area contributed by atoms with Crippen LogP contribution in [0, 0.1) is 32.1 Å². The summed E-state index contributed by atoms with van der Waals surface area (Å²) in [6, 6.07) is 12.3. The van der Waals surface area contributed by atoms with Gasteiger partial charge in [0, 0.05) is 6.08 Å². The normalized spacial score (nSPS) is 11.4. The van der Waals surface area contributed by atoms with Crippen LogP contribution in [0.15, 0.2) is 47.4 Å². The molecule has 0 saturated carbocycles. The van der Waals surface area contributed by atoms with Gasteiger partial charge >= 0.3 is 0 Å². The first-order chi connectivity index (χ1) is 10.8. The lowest BCUT2D eigenvalue weighted by Gasteiger charge is -2.14. The second kappa shape index (κ2) is 6.67. The minimum Gasteiger partial charge on any atom is -0.279 e. The summed E-state index contributed by atoms with van der Waals surface area (Å²) in [6.07, 6.45) is 3.09. The first-order valence-corrected chi connectivity index (χ1v) is 8.59. The summed E-state index contributed by atoms with van der Waals surface area (Å²) in [4.78, 5) is 0.232. The largest absolute Gasteiger partial charge is 0.279 e. The molecule has 1 N–H and O–H groups in total. The molecule has 4 nitrogen and oxygen atoms in total. The van der Waals surface area contributed by atoms with Crippen LogP contribution in [0.25, 0.3) is 6.08 Å². The number of nitriles is 1. The van der Waals surface area contributed by atoms with Crippen molar-refractivity contribution < 1.29 is 8.42 Å². The van der Waals surface area contributed by atoms with Crippen LogP contribution in [0.5, 0.6) is 0 Å². The highest BCUT2D eigenvalue weighted by atomic mass is 32.2. The molecule has 0 aliphatic carbocycles. The Morgan fingerprint density at radius 1 is 1.04 bits per heavy atom. The molecule has 0 amide bonds. The number of rotatable bonds is 4. The second-order valence-corrected chi connectivity index (χ2v) is 7.09. The van der Waals surface area contributed by atoms with Gasteiger partial charge in [0.25, 0.3) is 10.0 Å². The van der Waals surface area contributed by atoms with E-state index in [1.54, 1.807) is 30.3 Å². The number of allylic oxidation sites excluding steroid dienone is 1. The van der Waals surface area contributed by atoms with E-state index in [1.807, 2.05) is 39.0 Å². The summed E-state index contributed by atoms with van der Waals surface area (Å²) in [5.74, 6) is 0. The summed E-state index contributed by atoms with van der Waals surface area (Å²) in [5, 5.41) is 8.59. The van der Waals surface area contributed by atoms with Gasteiger partial charge in [-0.05, 0) is 67.8 Å². The summed E-state index contributed by atoms with van der Waals surface area (Å²) in [7, 11) is -3.63. The zero-order chi connectivity index (χ0) is 17.0. The molecule has 0 saturated heterocycles. The van der Waals surface area contributed by atoms with E-state index >= 15 is 0 Å². The zero-order valence-corrected chi connectivity index (χ0v) is 14.1. The Hall–Kier alpha value is -2.58. The molecule has 0 fully saturated rings. The number of nitrogens with one attached hydrogen (secondary N) is 1. The van der Waals surface area contributed by atoms with Gasteiger partial charge in [0.1, 0.15) is 0 Å². The lowest BCUT2D eigenvalue weighted by molar-refractivity contribution is 0.601. The van der Waals surface area contributed by atoms with Gasteiger partial charge in [-0.15, -0.1) is 0 Å². The molecule has 0 heterocycles. The van der Waals surface area contributed by atoms with Crippen molar-refractivity contribution in [3.63, 3.8) is 0 Å². The Labute approximate surface area is 137 Å². The Morgan fingerprint density at radius 3 is 2.13 bits per heavy atom. The second-order valence-electron chi connectivity index (χ2n) is 5.41. The smallest absolute Gasteiger partial charge is 0.261 e. The Balaban J connectivity index is 2.38. The fourth-order valence-electron chi connectivity index (χ4n) is 2.30. The number of benzene rings is 2. The van der Waals surface area contributed by atoms with E-state index in [0.29, 0.717) is 5.69 Å². The number of aryl methyl sites for hydroxylation is 3. The average Bonchev–Trinajstić information content (AvgIpc) is 2.49. The molecule has 0 atom stereocenters. The van der Waals surface area contributed by atoms with Crippen LogP contribution in [0.4, 0.5) is 5.69 Å².